The summed E-state index contributed by atoms with van der Waals surface area (Å²) in [7, 11) is 0. The summed E-state index contributed by atoms with van der Waals surface area (Å²) in [6, 6.07) is 5.13. The smallest absolute Gasteiger partial charge is 0.316 e. The van der Waals surface area contributed by atoms with Crippen LogP contribution in [0.3, 0.4) is 0 Å². The normalized spacial score (nSPS) is 17.8. The highest BCUT2D eigenvalue weighted by atomic mass is 79.9. The number of anilines is 1. The van der Waals surface area contributed by atoms with Crippen LogP contribution in [0.2, 0.25) is 0 Å². The van der Waals surface area contributed by atoms with Gasteiger partial charge in [-0.2, -0.15) is 0 Å². The highest BCUT2D eigenvalue weighted by Gasteiger charge is 2.44. The van der Waals surface area contributed by atoms with E-state index >= 15 is 0 Å². The van der Waals surface area contributed by atoms with Gasteiger partial charge in [-0.1, -0.05) is 12.1 Å². The van der Waals surface area contributed by atoms with Crippen molar-refractivity contribution >= 4 is 33.5 Å². The SMILES string of the molecule is CCOC(=O)[C@@H](C[N+](=O)[O-])C1C(=O)Nc2c(Br)cccc21. The van der Waals surface area contributed by atoms with Gasteiger partial charge >= 0.3 is 5.97 Å². The molecule has 0 aliphatic carbocycles. The summed E-state index contributed by atoms with van der Waals surface area (Å²) in [6.45, 7) is 1.07. The van der Waals surface area contributed by atoms with Gasteiger partial charge in [-0.05, 0) is 34.5 Å². The average Bonchev–Trinajstić information content (AvgIpc) is 2.74. The van der Waals surface area contributed by atoms with E-state index in [4.69, 9.17) is 4.74 Å². The van der Waals surface area contributed by atoms with Crippen molar-refractivity contribution in [3.8, 4) is 0 Å². The van der Waals surface area contributed by atoms with Gasteiger partial charge in [0.05, 0.1) is 18.2 Å². The van der Waals surface area contributed by atoms with Crippen molar-refractivity contribution in [1.29, 1.82) is 0 Å². The molecule has 1 aliphatic rings. The van der Waals surface area contributed by atoms with Gasteiger partial charge in [-0.25, -0.2) is 0 Å². The number of esters is 1. The largest absolute Gasteiger partial charge is 0.466 e. The Morgan fingerprint density at radius 1 is 1.57 bits per heavy atom. The van der Waals surface area contributed by atoms with Gasteiger partial charge in [0.2, 0.25) is 12.5 Å². The molecule has 0 saturated carbocycles. The quantitative estimate of drug-likeness (QED) is 0.493. The summed E-state index contributed by atoms with van der Waals surface area (Å²) in [4.78, 5) is 34.4. The van der Waals surface area contributed by atoms with E-state index in [1.54, 1.807) is 25.1 Å². The van der Waals surface area contributed by atoms with Crippen LogP contribution in [-0.2, 0) is 14.3 Å². The van der Waals surface area contributed by atoms with Crippen LogP contribution < -0.4 is 5.32 Å². The van der Waals surface area contributed by atoms with Crippen LogP contribution in [0.15, 0.2) is 22.7 Å². The molecule has 0 spiro atoms. The Labute approximate surface area is 128 Å². The molecule has 1 heterocycles. The molecular weight excluding hydrogens is 344 g/mol. The minimum atomic E-state index is -1.14. The van der Waals surface area contributed by atoms with E-state index < -0.39 is 35.2 Å². The van der Waals surface area contributed by atoms with Crippen LogP contribution in [-0.4, -0.2) is 30.0 Å². The highest BCUT2D eigenvalue weighted by Crippen LogP contribution is 2.41. The summed E-state index contributed by atoms with van der Waals surface area (Å²) in [5, 5.41) is 13.5. The van der Waals surface area contributed by atoms with Gasteiger partial charge in [-0.3, -0.25) is 19.7 Å². The number of amides is 1. The minimum absolute atomic E-state index is 0.104. The molecule has 0 aromatic heterocycles. The third kappa shape index (κ3) is 3.05. The maximum Gasteiger partial charge on any atom is 0.316 e. The van der Waals surface area contributed by atoms with Gasteiger partial charge in [0.15, 0.2) is 0 Å². The molecule has 0 saturated heterocycles. The molecule has 0 radical (unpaired) electrons. The Balaban J connectivity index is 2.41. The number of ether oxygens (including phenoxy) is 1. The summed E-state index contributed by atoms with van der Waals surface area (Å²) < 4.78 is 5.54. The van der Waals surface area contributed by atoms with E-state index in [0.29, 0.717) is 15.7 Å². The topological polar surface area (TPSA) is 98.5 Å². The van der Waals surface area contributed by atoms with Crippen molar-refractivity contribution in [1.82, 2.24) is 0 Å². The lowest BCUT2D eigenvalue weighted by Crippen LogP contribution is -2.34. The summed E-state index contributed by atoms with van der Waals surface area (Å²) in [5.74, 6) is -3.23. The van der Waals surface area contributed by atoms with Gasteiger partial charge in [0.25, 0.3) is 0 Å². The molecule has 0 fully saturated rings. The highest BCUT2D eigenvalue weighted by molar-refractivity contribution is 9.10. The molecular formula is C13H13BrN2O5. The molecule has 1 amide bonds. The number of hydrogen-bond donors (Lipinski definition) is 1. The lowest BCUT2D eigenvalue weighted by Gasteiger charge is -2.17. The third-order valence-corrected chi connectivity index (χ3v) is 3.91. The lowest BCUT2D eigenvalue weighted by atomic mass is 9.87. The van der Waals surface area contributed by atoms with Crippen molar-refractivity contribution in [3.63, 3.8) is 0 Å². The number of nitrogens with one attached hydrogen (secondary N) is 1. The van der Waals surface area contributed by atoms with E-state index in [2.05, 4.69) is 21.2 Å². The monoisotopic (exact) mass is 356 g/mol. The molecule has 1 aliphatic heterocycles. The van der Waals surface area contributed by atoms with Crippen molar-refractivity contribution in [2.24, 2.45) is 5.92 Å². The first-order valence-electron chi connectivity index (χ1n) is 6.33. The Morgan fingerprint density at radius 2 is 2.29 bits per heavy atom. The minimum Gasteiger partial charge on any atom is -0.466 e. The van der Waals surface area contributed by atoms with Crippen LogP contribution in [0.1, 0.15) is 18.4 Å². The van der Waals surface area contributed by atoms with Crippen molar-refractivity contribution in [2.45, 2.75) is 12.8 Å². The first-order chi connectivity index (χ1) is 9.95. The summed E-state index contributed by atoms with van der Waals surface area (Å²) in [5.41, 5.74) is 1.11. The van der Waals surface area contributed by atoms with Crippen LogP contribution >= 0.6 is 15.9 Å². The third-order valence-electron chi connectivity index (χ3n) is 3.25. The Morgan fingerprint density at radius 3 is 2.90 bits per heavy atom. The Hall–Kier alpha value is -1.96. The van der Waals surface area contributed by atoms with Gasteiger partial charge in [0.1, 0.15) is 5.92 Å². The zero-order chi connectivity index (χ0) is 15.6. The number of carbonyl (C=O) groups excluding carboxylic acids is 2. The number of benzene rings is 1. The average molecular weight is 357 g/mol. The van der Waals surface area contributed by atoms with E-state index in [1.165, 1.54) is 0 Å². The maximum atomic E-state index is 12.2. The van der Waals surface area contributed by atoms with E-state index in [9.17, 15) is 19.7 Å². The predicted molar refractivity (Wildman–Crippen MR) is 77.5 cm³/mol. The first-order valence-corrected chi connectivity index (χ1v) is 7.12. The number of hydrogen-bond acceptors (Lipinski definition) is 5. The number of carbonyl (C=O) groups is 2. The molecule has 8 heteroatoms. The van der Waals surface area contributed by atoms with E-state index in [0.717, 1.165) is 0 Å². The summed E-state index contributed by atoms with van der Waals surface area (Å²) in [6.07, 6.45) is 0. The van der Waals surface area contributed by atoms with Crippen molar-refractivity contribution in [2.75, 3.05) is 18.5 Å². The first kappa shape index (κ1) is 15.4. The number of nitrogens with zero attached hydrogens (tertiary/aromatic N) is 1. The Bertz CT molecular complexity index is 604. The van der Waals surface area contributed by atoms with Gasteiger partial charge < -0.3 is 10.1 Å². The second-order valence-electron chi connectivity index (χ2n) is 4.54. The van der Waals surface area contributed by atoms with Crippen LogP contribution in [0, 0.1) is 16.0 Å². The zero-order valence-electron chi connectivity index (χ0n) is 11.2. The molecule has 2 atom stereocenters. The van der Waals surface area contributed by atoms with Gasteiger partial charge in [0, 0.05) is 9.40 Å². The lowest BCUT2D eigenvalue weighted by molar-refractivity contribution is -0.486. The second-order valence-corrected chi connectivity index (χ2v) is 5.40. The fraction of sp³-hybridized carbons (Fsp3) is 0.385. The zero-order valence-corrected chi connectivity index (χ0v) is 12.8. The number of halogens is 1. The molecule has 1 unspecified atom stereocenters. The standard InChI is InChI=1S/C13H13BrN2O5/c1-2-21-13(18)8(6-16(19)20)10-7-4-3-5-9(14)11(7)15-12(10)17/h3-5,8,10H,2,6H2,1H3,(H,15,17)/t8-,10?/m0/s1. The maximum absolute atomic E-state index is 12.2. The number of nitro groups is 1. The predicted octanol–water partition coefficient (Wildman–Crippen LogP) is 1.94. The molecule has 1 aromatic rings. The second kappa shape index (κ2) is 6.21. The summed E-state index contributed by atoms with van der Waals surface area (Å²) >= 11 is 3.31. The molecule has 112 valence electrons. The van der Waals surface area contributed by atoms with Crippen LogP contribution in [0.4, 0.5) is 5.69 Å². The number of rotatable bonds is 5. The van der Waals surface area contributed by atoms with Crippen LogP contribution in [0.5, 0.6) is 0 Å². The van der Waals surface area contributed by atoms with Crippen molar-refractivity contribution < 1.29 is 19.2 Å². The molecule has 1 N–H and O–H groups in total. The fourth-order valence-electron chi connectivity index (χ4n) is 2.40. The number of fused-ring (bicyclic) bond motifs is 1. The molecule has 2 rings (SSSR count). The molecule has 1 aromatic carbocycles. The van der Waals surface area contributed by atoms with E-state index in [-0.39, 0.29) is 6.61 Å². The molecule has 7 nitrogen and oxygen atoms in total. The van der Waals surface area contributed by atoms with E-state index in [1.807, 2.05) is 0 Å². The molecule has 21 heavy (non-hydrogen) atoms. The number of para-hydroxylation sites is 1. The Kier molecular flexibility index (Phi) is 4.56. The van der Waals surface area contributed by atoms with Crippen LogP contribution in [0.25, 0.3) is 0 Å². The fourth-order valence-corrected chi connectivity index (χ4v) is 2.88. The molecule has 0 bridgehead atoms. The van der Waals surface area contributed by atoms with Gasteiger partial charge in [-0.15, -0.1) is 0 Å². The van der Waals surface area contributed by atoms with Crippen molar-refractivity contribution in [3.05, 3.63) is 38.3 Å².